The van der Waals surface area contributed by atoms with E-state index in [0.717, 1.165) is 0 Å². The molecule has 3 amide bonds. The number of nitrogens with zero attached hydrogens (tertiary/aromatic N) is 2. The second-order valence-corrected chi connectivity index (χ2v) is 8.21. The summed E-state index contributed by atoms with van der Waals surface area (Å²) in [6.07, 6.45) is 1.04. The van der Waals surface area contributed by atoms with Crippen LogP contribution in [-0.4, -0.2) is 60.2 Å². The molecular formula is C18H27N3O3S. The summed E-state index contributed by atoms with van der Waals surface area (Å²) in [5, 5.41) is 4.69. The highest BCUT2D eigenvalue weighted by Gasteiger charge is 2.30. The first kappa shape index (κ1) is 19.4. The SMILES string of the molecule is CC(C)(C)C(=O)N1CCN(C(=O)CCCNC(=O)c2cccs2)CC1. The lowest BCUT2D eigenvalue weighted by Gasteiger charge is -2.37. The minimum Gasteiger partial charge on any atom is -0.351 e. The molecule has 1 fully saturated rings. The van der Waals surface area contributed by atoms with E-state index in [4.69, 9.17) is 0 Å². The Morgan fingerprint density at radius 1 is 1.12 bits per heavy atom. The number of thiophene rings is 1. The van der Waals surface area contributed by atoms with Gasteiger partial charge in [-0.2, -0.15) is 0 Å². The molecule has 2 heterocycles. The van der Waals surface area contributed by atoms with Crippen LogP contribution in [0.25, 0.3) is 0 Å². The van der Waals surface area contributed by atoms with Gasteiger partial charge in [-0.15, -0.1) is 11.3 Å². The molecule has 7 heteroatoms. The van der Waals surface area contributed by atoms with Gasteiger partial charge in [0.1, 0.15) is 0 Å². The summed E-state index contributed by atoms with van der Waals surface area (Å²) >= 11 is 1.40. The molecule has 1 saturated heterocycles. The van der Waals surface area contributed by atoms with E-state index in [0.29, 0.717) is 50.4 Å². The Morgan fingerprint density at radius 3 is 2.32 bits per heavy atom. The highest BCUT2D eigenvalue weighted by molar-refractivity contribution is 7.12. The molecule has 0 unspecified atom stereocenters. The number of nitrogens with one attached hydrogen (secondary N) is 1. The fourth-order valence-corrected chi connectivity index (χ4v) is 3.37. The normalized spacial score (nSPS) is 15.2. The van der Waals surface area contributed by atoms with Crippen LogP contribution in [0.1, 0.15) is 43.3 Å². The first-order chi connectivity index (χ1) is 11.8. The van der Waals surface area contributed by atoms with Crippen molar-refractivity contribution in [3.8, 4) is 0 Å². The zero-order valence-corrected chi connectivity index (χ0v) is 16.0. The Hall–Kier alpha value is -1.89. The molecule has 0 spiro atoms. The average molecular weight is 365 g/mol. The van der Waals surface area contributed by atoms with Crippen molar-refractivity contribution >= 4 is 29.1 Å². The number of carbonyl (C=O) groups excluding carboxylic acids is 3. The molecular weight excluding hydrogens is 338 g/mol. The lowest BCUT2D eigenvalue weighted by atomic mass is 9.94. The van der Waals surface area contributed by atoms with Crippen LogP contribution in [0.3, 0.4) is 0 Å². The standard InChI is InChI=1S/C18H27N3O3S/c1-18(2,3)17(24)21-11-9-20(10-12-21)15(22)7-4-8-19-16(23)14-6-5-13-25-14/h5-6,13H,4,7-12H2,1-3H3,(H,19,23). The number of hydrogen-bond acceptors (Lipinski definition) is 4. The van der Waals surface area contributed by atoms with Crippen molar-refractivity contribution in [2.24, 2.45) is 5.41 Å². The summed E-state index contributed by atoms with van der Waals surface area (Å²) < 4.78 is 0. The van der Waals surface area contributed by atoms with E-state index in [9.17, 15) is 14.4 Å². The van der Waals surface area contributed by atoms with Gasteiger partial charge in [0.2, 0.25) is 11.8 Å². The highest BCUT2D eigenvalue weighted by Crippen LogP contribution is 2.18. The predicted octanol–water partition coefficient (Wildman–Crippen LogP) is 1.97. The van der Waals surface area contributed by atoms with Crippen LogP contribution in [-0.2, 0) is 9.59 Å². The molecule has 138 valence electrons. The maximum absolute atomic E-state index is 12.3. The van der Waals surface area contributed by atoms with E-state index < -0.39 is 0 Å². The van der Waals surface area contributed by atoms with Crippen molar-refractivity contribution < 1.29 is 14.4 Å². The molecule has 1 aliphatic rings. The Balaban J connectivity index is 1.65. The van der Waals surface area contributed by atoms with Crippen LogP contribution in [0.2, 0.25) is 0 Å². The Morgan fingerprint density at radius 2 is 1.76 bits per heavy atom. The van der Waals surface area contributed by atoms with Crippen molar-refractivity contribution in [1.29, 1.82) is 0 Å². The zero-order valence-electron chi connectivity index (χ0n) is 15.2. The van der Waals surface area contributed by atoms with Gasteiger partial charge < -0.3 is 15.1 Å². The molecule has 0 bridgehead atoms. The van der Waals surface area contributed by atoms with Crippen molar-refractivity contribution in [1.82, 2.24) is 15.1 Å². The van der Waals surface area contributed by atoms with Crippen molar-refractivity contribution in [3.63, 3.8) is 0 Å². The Kier molecular flexibility index (Phi) is 6.58. The van der Waals surface area contributed by atoms with Gasteiger partial charge in [-0.1, -0.05) is 26.8 Å². The maximum Gasteiger partial charge on any atom is 0.261 e. The van der Waals surface area contributed by atoms with Gasteiger partial charge in [-0.3, -0.25) is 14.4 Å². The molecule has 1 aromatic rings. The van der Waals surface area contributed by atoms with Crippen LogP contribution >= 0.6 is 11.3 Å². The second kappa shape index (κ2) is 8.47. The van der Waals surface area contributed by atoms with E-state index in [-0.39, 0.29) is 23.1 Å². The fraction of sp³-hybridized carbons (Fsp3) is 0.611. The van der Waals surface area contributed by atoms with Gasteiger partial charge in [-0.05, 0) is 17.9 Å². The highest BCUT2D eigenvalue weighted by atomic mass is 32.1. The first-order valence-electron chi connectivity index (χ1n) is 8.68. The molecule has 25 heavy (non-hydrogen) atoms. The lowest BCUT2D eigenvalue weighted by molar-refractivity contribution is -0.144. The third kappa shape index (κ3) is 5.56. The minimum absolute atomic E-state index is 0.0863. The zero-order chi connectivity index (χ0) is 18.4. The molecule has 2 rings (SSSR count). The number of piperazine rings is 1. The van der Waals surface area contributed by atoms with Gasteiger partial charge in [-0.25, -0.2) is 0 Å². The molecule has 0 saturated carbocycles. The second-order valence-electron chi connectivity index (χ2n) is 7.26. The minimum atomic E-state index is -0.382. The maximum atomic E-state index is 12.3. The molecule has 1 N–H and O–H groups in total. The smallest absolute Gasteiger partial charge is 0.261 e. The summed E-state index contributed by atoms with van der Waals surface area (Å²) in [5.41, 5.74) is -0.382. The largest absolute Gasteiger partial charge is 0.351 e. The van der Waals surface area contributed by atoms with E-state index in [2.05, 4.69) is 5.32 Å². The third-order valence-electron chi connectivity index (χ3n) is 4.16. The van der Waals surface area contributed by atoms with E-state index in [1.54, 1.807) is 6.07 Å². The summed E-state index contributed by atoms with van der Waals surface area (Å²) in [6, 6.07) is 3.62. The molecule has 1 aromatic heterocycles. The third-order valence-corrected chi connectivity index (χ3v) is 5.03. The van der Waals surface area contributed by atoms with Gasteiger partial charge in [0.05, 0.1) is 4.88 Å². The Labute approximate surface area is 153 Å². The molecule has 0 aliphatic carbocycles. The Bertz CT molecular complexity index is 600. The fourth-order valence-electron chi connectivity index (χ4n) is 2.73. The average Bonchev–Trinajstić information content (AvgIpc) is 3.11. The number of carbonyl (C=O) groups is 3. The first-order valence-corrected chi connectivity index (χ1v) is 9.56. The van der Waals surface area contributed by atoms with Gasteiger partial charge in [0, 0.05) is 44.6 Å². The van der Waals surface area contributed by atoms with E-state index in [1.807, 2.05) is 42.0 Å². The summed E-state index contributed by atoms with van der Waals surface area (Å²) in [4.78, 5) is 40.6. The molecule has 0 atom stereocenters. The number of rotatable bonds is 5. The summed E-state index contributed by atoms with van der Waals surface area (Å²) in [7, 11) is 0. The molecule has 6 nitrogen and oxygen atoms in total. The number of hydrogen-bond donors (Lipinski definition) is 1. The van der Waals surface area contributed by atoms with Crippen molar-refractivity contribution in [2.45, 2.75) is 33.6 Å². The molecule has 0 radical (unpaired) electrons. The molecule has 1 aliphatic heterocycles. The monoisotopic (exact) mass is 365 g/mol. The van der Waals surface area contributed by atoms with Gasteiger partial charge in [0.15, 0.2) is 0 Å². The van der Waals surface area contributed by atoms with E-state index in [1.165, 1.54) is 11.3 Å². The quantitative estimate of drug-likeness (QED) is 0.811. The van der Waals surface area contributed by atoms with E-state index >= 15 is 0 Å². The van der Waals surface area contributed by atoms with Crippen LogP contribution in [0, 0.1) is 5.41 Å². The molecule has 0 aromatic carbocycles. The number of amides is 3. The summed E-state index contributed by atoms with van der Waals surface area (Å²) in [5.74, 6) is 0.140. The van der Waals surface area contributed by atoms with Gasteiger partial charge >= 0.3 is 0 Å². The van der Waals surface area contributed by atoms with Gasteiger partial charge in [0.25, 0.3) is 5.91 Å². The lowest BCUT2D eigenvalue weighted by Crippen LogP contribution is -2.53. The van der Waals surface area contributed by atoms with Crippen molar-refractivity contribution in [2.75, 3.05) is 32.7 Å². The van der Waals surface area contributed by atoms with Crippen LogP contribution in [0.15, 0.2) is 17.5 Å². The topological polar surface area (TPSA) is 69.7 Å². The van der Waals surface area contributed by atoms with Crippen LogP contribution in [0.4, 0.5) is 0 Å². The van der Waals surface area contributed by atoms with Crippen LogP contribution in [0.5, 0.6) is 0 Å². The van der Waals surface area contributed by atoms with Crippen LogP contribution < -0.4 is 5.32 Å². The summed E-state index contributed by atoms with van der Waals surface area (Å²) in [6.45, 7) is 8.59. The predicted molar refractivity (Wildman–Crippen MR) is 98.5 cm³/mol. The van der Waals surface area contributed by atoms with Crippen molar-refractivity contribution in [3.05, 3.63) is 22.4 Å².